The quantitative estimate of drug-likeness (QED) is 0.220. The molecule has 1 heterocycles. The number of carbonyl (C=O) groups excluding carboxylic acids is 4. The topological polar surface area (TPSA) is 150 Å². The van der Waals surface area contributed by atoms with Gasteiger partial charge in [-0.15, -0.1) is 0 Å². The fourth-order valence-corrected chi connectivity index (χ4v) is 3.05. The van der Waals surface area contributed by atoms with Crippen molar-refractivity contribution in [2.24, 2.45) is 11.8 Å². The third kappa shape index (κ3) is 6.51. The van der Waals surface area contributed by atoms with E-state index in [2.05, 4.69) is 8.92 Å². The van der Waals surface area contributed by atoms with E-state index in [0.717, 1.165) is 31.7 Å². The first-order valence-electron chi connectivity index (χ1n) is 7.68. The van der Waals surface area contributed by atoms with E-state index in [9.17, 15) is 33.0 Å². The van der Waals surface area contributed by atoms with E-state index in [0.29, 0.717) is 0 Å². The molecule has 1 saturated heterocycles. The van der Waals surface area contributed by atoms with E-state index in [4.69, 9.17) is 0 Å². The molecule has 0 aromatic heterocycles. The smallest absolute Gasteiger partial charge is 0.740 e. The normalized spacial score (nSPS) is 21.5. The van der Waals surface area contributed by atoms with Crippen molar-refractivity contribution in [3.63, 3.8) is 0 Å². The van der Waals surface area contributed by atoms with Gasteiger partial charge in [0.2, 0.25) is 0 Å². The fourth-order valence-electron chi connectivity index (χ4n) is 2.83. The number of carbonyl (C=O) groups is 4. The molecule has 3 atom stereocenters. The summed E-state index contributed by atoms with van der Waals surface area (Å²) in [5, 5.41) is 10.4. The third-order valence-electron chi connectivity index (χ3n) is 4.05. The number of esters is 2. The summed E-state index contributed by atoms with van der Waals surface area (Å²) >= 11 is -2.98. The second-order valence-electron chi connectivity index (χ2n) is 5.68. The van der Waals surface area contributed by atoms with Gasteiger partial charge in [-0.05, 0) is 30.5 Å². The van der Waals surface area contributed by atoms with Crippen molar-refractivity contribution in [3.05, 3.63) is 35.4 Å². The number of hydrogen-bond donors (Lipinski definition) is 0. The second-order valence-corrected chi connectivity index (χ2v) is 6.26. The third-order valence-corrected chi connectivity index (χ3v) is 4.34. The summed E-state index contributed by atoms with van der Waals surface area (Å²) in [4.78, 5) is 43.4. The molecule has 27 heavy (non-hydrogen) atoms. The van der Waals surface area contributed by atoms with Crippen molar-refractivity contribution in [1.29, 1.82) is 0 Å². The zero-order valence-electron chi connectivity index (χ0n) is 14.4. The monoisotopic (exact) mass is 405 g/mol. The van der Waals surface area contributed by atoms with E-state index in [1.54, 1.807) is 0 Å². The molecule has 2 aliphatic rings. The Morgan fingerprint density at radius 3 is 2.07 bits per heavy atom. The summed E-state index contributed by atoms with van der Waals surface area (Å²) < 4.78 is 28.4. The Bertz CT molecular complexity index is 742. The van der Waals surface area contributed by atoms with Gasteiger partial charge in [-0.25, -0.2) is 9.00 Å². The van der Waals surface area contributed by atoms with Gasteiger partial charge in [-0.2, -0.15) is 0 Å². The molecule has 0 radical (unpaired) electrons. The molecule has 3 rings (SSSR count). The van der Waals surface area contributed by atoms with Crippen LogP contribution in [0.3, 0.4) is 0 Å². The Hall–Kier alpha value is -1.59. The van der Waals surface area contributed by atoms with Crippen LogP contribution < -0.4 is 34.7 Å². The first kappa shape index (κ1) is 23.4. The molecule has 1 aliphatic carbocycles. The Kier molecular flexibility index (Phi) is 9.27. The zero-order chi connectivity index (χ0) is 19.3. The minimum atomic E-state index is -2.98. The number of hydrogen-bond acceptors (Lipinski definition) is 9. The molecule has 1 aliphatic heterocycles. The number of aromatic carboxylic acids is 1. The van der Waals surface area contributed by atoms with Crippen molar-refractivity contribution in [1.82, 2.24) is 0 Å². The molecule has 11 heteroatoms. The Morgan fingerprint density at radius 2 is 1.59 bits per heavy atom. The Labute approximate surface area is 179 Å². The molecule has 2 fully saturated rings. The summed E-state index contributed by atoms with van der Waals surface area (Å²) in [6, 6.07) is 4.67. The Morgan fingerprint density at radius 1 is 1.07 bits per heavy atom. The van der Waals surface area contributed by atoms with Crippen LogP contribution in [0.1, 0.15) is 46.4 Å². The average molecular weight is 405 g/mol. The number of ether oxygens (including phenoxy) is 1. The van der Waals surface area contributed by atoms with Gasteiger partial charge in [0.1, 0.15) is 11.4 Å². The maximum absolute atomic E-state index is 11.0. The van der Waals surface area contributed by atoms with Crippen molar-refractivity contribution < 1.29 is 71.5 Å². The molecule has 9 nitrogen and oxygen atoms in total. The summed E-state index contributed by atoms with van der Waals surface area (Å²) in [7, 11) is 0. The van der Waals surface area contributed by atoms with Gasteiger partial charge in [0.15, 0.2) is 0 Å². The number of fused-ring (bicyclic) bond motifs is 1. The standard InChI is InChI=1S/C8H6O6S.C8H10O3.Na/c9-7(10)5-2-1-3-6(4-5)8(11)14-15(12)13;9-7-5-3-1-2-4-6(5)8(10)11-7;/h1-4H,(H,9,10)(H,12,13);5-6H,1-4H2;/q;;+1/p-2. The first-order valence-corrected chi connectivity index (χ1v) is 8.68. The molecule has 1 saturated carbocycles. The number of rotatable bonds is 3. The number of carboxylic acids is 1. The maximum Gasteiger partial charge on any atom is 1.00 e. The van der Waals surface area contributed by atoms with Gasteiger partial charge in [-0.1, -0.05) is 25.0 Å². The summed E-state index contributed by atoms with van der Waals surface area (Å²) in [5.41, 5.74) is -0.415. The van der Waals surface area contributed by atoms with Gasteiger partial charge in [0, 0.05) is 0 Å². The van der Waals surface area contributed by atoms with E-state index >= 15 is 0 Å². The van der Waals surface area contributed by atoms with Crippen molar-refractivity contribution in [2.75, 3.05) is 0 Å². The van der Waals surface area contributed by atoms with Gasteiger partial charge in [-0.3, -0.25) is 9.59 Å². The predicted molar refractivity (Wildman–Crippen MR) is 81.7 cm³/mol. The van der Waals surface area contributed by atoms with Crippen LogP contribution in [0.25, 0.3) is 0 Å². The Balaban J connectivity index is 0.000000270. The van der Waals surface area contributed by atoms with Crippen LogP contribution in [0.15, 0.2) is 24.3 Å². The molecule has 0 bridgehead atoms. The average Bonchev–Trinajstić information content (AvgIpc) is 2.90. The number of carboxylic acid groups (broad SMARTS) is 1. The number of benzene rings is 1. The molecular formula is C16H14NaO9S-. The van der Waals surface area contributed by atoms with Crippen LogP contribution >= 0.6 is 0 Å². The first-order chi connectivity index (χ1) is 12.3. The van der Waals surface area contributed by atoms with Gasteiger partial charge in [0.05, 0.1) is 23.4 Å². The summed E-state index contributed by atoms with van der Waals surface area (Å²) in [6.07, 6.45) is 3.80. The minimum absolute atomic E-state index is 0. The van der Waals surface area contributed by atoms with Crippen molar-refractivity contribution >= 4 is 35.2 Å². The van der Waals surface area contributed by atoms with Crippen LogP contribution in [0.4, 0.5) is 0 Å². The van der Waals surface area contributed by atoms with Crippen LogP contribution in [-0.4, -0.2) is 32.6 Å². The van der Waals surface area contributed by atoms with E-state index in [-0.39, 0.29) is 64.5 Å². The van der Waals surface area contributed by atoms with E-state index < -0.39 is 23.3 Å². The summed E-state index contributed by atoms with van der Waals surface area (Å²) in [5.74, 6) is -3.40. The van der Waals surface area contributed by atoms with Crippen molar-refractivity contribution in [2.45, 2.75) is 25.7 Å². The van der Waals surface area contributed by atoms with Gasteiger partial charge in [0.25, 0.3) is 0 Å². The molecular weight excluding hydrogens is 391 g/mol. The molecule has 0 N–H and O–H groups in total. The van der Waals surface area contributed by atoms with Crippen LogP contribution in [0.5, 0.6) is 0 Å². The van der Waals surface area contributed by atoms with Crippen LogP contribution in [-0.2, 0) is 29.9 Å². The van der Waals surface area contributed by atoms with E-state index in [1.807, 2.05) is 0 Å². The molecule has 0 amide bonds. The molecule has 0 spiro atoms. The molecule has 1 aromatic rings. The molecule has 140 valence electrons. The predicted octanol–water partition coefficient (Wildman–Crippen LogP) is -3.12. The van der Waals surface area contributed by atoms with Crippen LogP contribution in [0.2, 0.25) is 0 Å². The van der Waals surface area contributed by atoms with E-state index in [1.165, 1.54) is 18.2 Å². The minimum Gasteiger partial charge on any atom is -0.740 e. The van der Waals surface area contributed by atoms with Crippen molar-refractivity contribution in [3.8, 4) is 0 Å². The fraction of sp³-hybridized carbons (Fsp3) is 0.375. The number of cyclic esters (lactones) is 2. The van der Waals surface area contributed by atoms with Crippen LogP contribution in [0, 0.1) is 11.8 Å². The van der Waals surface area contributed by atoms with Gasteiger partial charge >= 0.3 is 47.5 Å². The maximum atomic E-state index is 11.0. The SMILES string of the molecule is O=C([O-])c1cccc(C(=O)OS(=O)[O-])c1.O=C1OC(=O)C2CCCCC12.[Na+]. The zero-order valence-corrected chi connectivity index (χ0v) is 17.2. The largest absolute Gasteiger partial charge is 1.00 e. The second kappa shape index (κ2) is 10.7. The molecule has 3 unspecified atom stereocenters. The van der Waals surface area contributed by atoms with Gasteiger partial charge < -0.3 is 23.4 Å². The summed E-state index contributed by atoms with van der Waals surface area (Å²) in [6.45, 7) is 0. The molecule has 1 aromatic carbocycles.